The lowest BCUT2D eigenvalue weighted by atomic mass is 9.90. The van der Waals surface area contributed by atoms with Crippen LogP contribution in [0.15, 0.2) is 24.3 Å². The smallest absolute Gasteiger partial charge is 0.123 e. The molecule has 17 heavy (non-hydrogen) atoms. The number of piperidine rings is 1. The van der Waals surface area contributed by atoms with Crippen molar-refractivity contribution in [2.24, 2.45) is 5.92 Å². The third-order valence-electron chi connectivity index (χ3n) is 3.42. The van der Waals surface area contributed by atoms with Gasteiger partial charge in [-0.05, 0) is 49.9 Å². The number of carbonyl (C=O) groups is 1. The zero-order chi connectivity index (χ0) is 12.1. The number of rotatable bonds is 4. The average Bonchev–Trinajstić information content (AvgIpc) is 2.38. The summed E-state index contributed by atoms with van der Waals surface area (Å²) in [5.74, 6) is 0.0278. The van der Waals surface area contributed by atoms with Crippen molar-refractivity contribution in [1.29, 1.82) is 0 Å². The van der Waals surface area contributed by atoms with E-state index in [0.29, 0.717) is 6.04 Å². The van der Waals surface area contributed by atoms with E-state index in [1.165, 1.54) is 12.1 Å². The van der Waals surface area contributed by atoms with Crippen LogP contribution in [0.25, 0.3) is 0 Å². The summed E-state index contributed by atoms with van der Waals surface area (Å²) in [5.41, 5.74) is 1.15. The second kappa shape index (κ2) is 5.92. The van der Waals surface area contributed by atoms with Crippen molar-refractivity contribution in [3.63, 3.8) is 0 Å². The Morgan fingerprint density at radius 3 is 2.82 bits per heavy atom. The predicted octanol–water partition coefficient (Wildman–Crippen LogP) is 2.33. The maximum absolute atomic E-state index is 12.7. The van der Waals surface area contributed by atoms with Crippen LogP contribution in [0.3, 0.4) is 0 Å². The van der Waals surface area contributed by atoms with E-state index in [1.54, 1.807) is 0 Å². The fraction of sp³-hybridized carbons (Fsp3) is 0.500. The molecule has 0 amide bonds. The van der Waals surface area contributed by atoms with E-state index in [9.17, 15) is 9.18 Å². The molecule has 1 aliphatic heterocycles. The molecule has 1 aromatic carbocycles. The van der Waals surface area contributed by atoms with Crippen molar-refractivity contribution < 1.29 is 9.18 Å². The molecule has 0 spiro atoms. The zero-order valence-electron chi connectivity index (χ0n) is 9.86. The maximum atomic E-state index is 12.7. The molecule has 1 heterocycles. The van der Waals surface area contributed by atoms with E-state index in [-0.39, 0.29) is 11.7 Å². The van der Waals surface area contributed by atoms with Crippen molar-refractivity contribution in [2.75, 3.05) is 6.54 Å². The predicted molar refractivity (Wildman–Crippen MR) is 65.3 cm³/mol. The Hall–Kier alpha value is -1.22. The number of aldehydes is 1. The van der Waals surface area contributed by atoms with Gasteiger partial charge in [0.05, 0.1) is 0 Å². The number of aryl methyl sites for hydroxylation is 1. The van der Waals surface area contributed by atoms with Crippen molar-refractivity contribution >= 4 is 6.29 Å². The molecule has 3 heteroatoms. The molecule has 0 radical (unpaired) electrons. The molecule has 1 fully saturated rings. The number of halogens is 1. The first-order valence-electron chi connectivity index (χ1n) is 6.21. The van der Waals surface area contributed by atoms with Gasteiger partial charge >= 0.3 is 0 Å². The van der Waals surface area contributed by atoms with Crippen LogP contribution in [0.1, 0.15) is 24.8 Å². The van der Waals surface area contributed by atoms with Crippen LogP contribution in [0.2, 0.25) is 0 Å². The summed E-state index contributed by atoms with van der Waals surface area (Å²) in [4.78, 5) is 10.7. The monoisotopic (exact) mass is 235 g/mol. The number of hydrogen-bond donors (Lipinski definition) is 1. The fourth-order valence-corrected chi connectivity index (χ4v) is 2.37. The Labute approximate surface area is 101 Å². The van der Waals surface area contributed by atoms with Crippen molar-refractivity contribution in [3.8, 4) is 0 Å². The quantitative estimate of drug-likeness (QED) is 0.811. The molecule has 1 aromatic rings. The Kier molecular flexibility index (Phi) is 4.26. The Balaban J connectivity index is 1.81. The first-order chi connectivity index (χ1) is 8.28. The lowest BCUT2D eigenvalue weighted by molar-refractivity contribution is -0.112. The van der Waals surface area contributed by atoms with Crippen LogP contribution < -0.4 is 5.32 Å². The Morgan fingerprint density at radius 2 is 2.12 bits per heavy atom. The highest BCUT2D eigenvalue weighted by molar-refractivity contribution is 5.53. The van der Waals surface area contributed by atoms with Gasteiger partial charge in [-0.15, -0.1) is 0 Å². The lowest BCUT2D eigenvalue weighted by Gasteiger charge is -2.27. The Bertz CT molecular complexity index is 363. The first-order valence-corrected chi connectivity index (χ1v) is 6.21. The van der Waals surface area contributed by atoms with Gasteiger partial charge < -0.3 is 10.1 Å². The molecule has 1 N–H and O–H groups in total. The summed E-state index contributed by atoms with van der Waals surface area (Å²) in [5, 5.41) is 3.43. The van der Waals surface area contributed by atoms with Crippen molar-refractivity contribution in [3.05, 3.63) is 35.6 Å². The van der Waals surface area contributed by atoms with Crippen LogP contribution in [0.4, 0.5) is 4.39 Å². The largest absolute Gasteiger partial charge is 0.314 e. The SMILES string of the molecule is O=CC1CCNC(CCc2ccc(F)cc2)C1. The summed E-state index contributed by atoms with van der Waals surface area (Å²) < 4.78 is 12.7. The van der Waals surface area contributed by atoms with Crippen LogP contribution in [0, 0.1) is 11.7 Å². The minimum atomic E-state index is -0.189. The molecular formula is C14H18FNO. The molecular weight excluding hydrogens is 217 g/mol. The fourth-order valence-electron chi connectivity index (χ4n) is 2.37. The van der Waals surface area contributed by atoms with Gasteiger partial charge in [-0.3, -0.25) is 0 Å². The van der Waals surface area contributed by atoms with Crippen molar-refractivity contribution in [2.45, 2.75) is 31.7 Å². The summed E-state index contributed by atoms with van der Waals surface area (Å²) in [6, 6.07) is 7.07. The number of nitrogens with one attached hydrogen (secondary N) is 1. The molecule has 1 aliphatic rings. The van der Waals surface area contributed by atoms with Crippen LogP contribution >= 0.6 is 0 Å². The third-order valence-corrected chi connectivity index (χ3v) is 3.42. The molecule has 0 aliphatic carbocycles. The van der Waals surface area contributed by atoms with Crippen molar-refractivity contribution in [1.82, 2.24) is 5.32 Å². The summed E-state index contributed by atoms with van der Waals surface area (Å²) in [7, 11) is 0. The topological polar surface area (TPSA) is 29.1 Å². The first kappa shape index (κ1) is 12.2. The summed E-state index contributed by atoms with van der Waals surface area (Å²) in [6.45, 7) is 0.928. The number of hydrogen-bond acceptors (Lipinski definition) is 2. The molecule has 1 saturated heterocycles. The van der Waals surface area contributed by atoms with E-state index in [2.05, 4.69) is 5.32 Å². The van der Waals surface area contributed by atoms with Gasteiger partial charge in [0.25, 0.3) is 0 Å². The molecule has 0 saturated carbocycles. The van der Waals surface area contributed by atoms with Gasteiger partial charge in [-0.2, -0.15) is 0 Å². The van der Waals surface area contributed by atoms with Gasteiger partial charge in [0.15, 0.2) is 0 Å². The normalized spacial score (nSPS) is 24.5. The van der Waals surface area contributed by atoms with E-state index >= 15 is 0 Å². The van der Waals surface area contributed by atoms with Crippen LogP contribution in [-0.2, 0) is 11.2 Å². The molecule has 2 atom stereocenters. The molecule has 2 rings (SSSR count). The molecule has 0 aromatic heterocycles. The van der Waals surface area contributed by atoms with Gasteiger partial charge in [-0.25, -0.2) is 4.39 Å². The lowest BCUT2D eigenvalue weighted by Crippen LogP contribution is -2.38. The van der Waals surface area contributed by atoms with Gasteiger partial charge in [0.1, 0.15) is 12.1 Å². The van der Waals surface area contributed by atoms with E-state index in [0.717, 1.165) is 44.1 Å². The minimum absolute atomic E-state index is 0.189. The molecule has 2 unspecified atom stereocenters. The van der Waals surface area contributed by atoms with Gasteiger partial charge in [0.2, 0.25) is 0 Å². The third kappa shape index (κ3) is 3.63. The minimum Gasteiger partial charge on any atom is -0.314 e. The van der Waals surface area contributed by atoms with E-state index in [1.807, 2.05) is 12.1 Å². The van der Waals surface area contributed by atoms with Crippen LogP contribution in [0.5, 0.6) is 0 Å². The summed E-state index contributed by atoms with van der Waals surface area (Å²) in [6.07, 6.45) is 4.91. The highest BCUT2D eigenvalue weighted by atomic mass is 19.1. The Morgan fingerprint density at radius 1 is 1.35 bits per heavy atom. The van der Waals surface area contributed by atoms with E-state index in [4.69, 9.17) is 0 Å². The standard InChI is InChI=1S/C14H18FNO/c15-13-4-1-11(2-5-13)3-6-14-9-12(10-17)7-8-16-14/h1-2,4-5,10,12,14,16H,3,6-9H2. The highest BCUT2D eigenvalue weighted by Crippen LogP contribution is 2.17. The van der Waals surface area contributed by atoms with Crippen LogP contribution in [-0.4, -0.2) is 18.9 Å². The maximum Gasteiger partial charge on any atom is 0.123 e. The molecule has 2 nitrogen and oxygen atoms in total. The second-order valence-corrected chi connectivity index (χ2v) is 4.74. The molecule has 92 valence electrons. The summed E-state index contributed by atoms with van der Waals surface area (Å²) >= 11 is 0. The average molecular weight is 235 g/mol. The molecule has 0 bridgehead atoms. The number of benzene rings is 1. The highest BCUT2D eigenvalue weighted by Gasteiger charge is 2.20. The van der Waals surface area contributed by atoms with Gasteiger partial charge in [-0.1, -0.05) is 12.1 Å². The number of carbonyl (C=O) groups excluding carboxylic acids is 1. The zero-order valence-corrected chi connectivity index (χ0v) is 9.86. The van der Waals surface area contributed by atoms with E-state index < -0.39 is 0 Å². The van der Waals surface area contributed by atoms with Gasteiger partial charge in [0, 0.05) is 12.0 Å². The second-order valence-electron chi connectivity index (χ2n) is 4.74.